The Bertz CT molecular complexity index is 636. The second kappa shape index (κ2) is 6.53. The Hall–Kier alpha value is -0.810. The van der Waals surface area contributed by atoms with Gasteiger partial charge in [0.1, 0.15) is 16.5 Å². The first kappa shape index (κ1) is 15.1. The van der Waals surface area contributed by atoms with E-state index >= 15 is 0 Å². The number of hydrogen-bond donors (Lipinski definition) is 1. The highest BCUT2D eigenvalue weighted by molar-refractivity contribution is 7.99. The summed E-state index contributed by atoms with van der Waals surface area (Å²) < 4.78 is 0. The number of thiophene rings is 1. The van der Waals surface area contributed by atoms with Crippen molar-refractivity contribution in [3.63, 3.8) is 0 Å². The molecule has 0 aliphatic heterocycles. The topological polar surface area (TPSA) is 37.8 Å². The fourth-order valence-corrected chi connectivity index (χ4v) is 4.86. The molecule has 21 heavy (non-hydrogen) atoms. The summed E-state index contributed by atoms with van der Waals surface area (Å²) >= 11 is 3.83. The summed E-state index contributed by atoms with van der Waals surface area (Å²) in [6.45, 7) is 4.50. The van der Waals surface area contributed by atoms with Crippen LogP contribution in [0.25, 0.3) is 10.2 Å². The van der Waals surface area contributed by atoms with Crippen LogP contribution in [0.5, 0.6) is 0 Å². The second-order valence-electron chi connectivity index (χ2n) is 5.66. The number of aryl methyl sites for hydroxylation is 2. The molecule has 0 saturated carbocycles. The molecule has 0 spiro atoms. The van der Waals surface area contributed by atoms with E-state index in [2.05, 4.69) is 19.2 Å². The maximum atomic E-state index is 4.84. The van der Waals surface area contributed by atoms with Crippen molar-refractivity contribution < 1.29 is 0 Å². The van der Waals surface area contributed by atoms with Gasteiger partial charge in [-0.1, -0.05) is 13.8 Å². The third kappa shape index (κ3) is 3.04. The number of thioether (sulfide) groups is 1. The highest BCUT2D eigenvalue weighted by atomic mass is 32.2. The first-order valence-corrected chi connectivity index (χ1v) is 9.70. The molecule has 1 aliphatic rings. The van der Waals surface area contributed by atoms with Crippen LogP contribution in [0.4, 0.5) is 5.82 Å². The van der Waals surface area contributed by atoms with Crippen LogP contribution < -0.4 is 5.32 Å². The van der Waals surface area contributed by atoms with Crippen molar-refractivity contribution >= 4 is 39.1 Å². The lowest BCUT2D eigenvalue weighted by Gasteiger charge is -2.12. The van der Waals surface area contributed by atoms with E-state index in [1.54, 1.807) is 0 Å². The Kier molecular flexibility index (Phi) is 4.69. The molecular formula is C16H23N3S2. The van der Waals surface area contributed by atoms with Crippen LogP contribution in [0.15, 0.2) is 0 Å². The molecule has 0 amide bonds. The van der Waals surface area contributed by atoms with Crippen molar-refractivity contribution in [1.82, 2.24) is 9.97 Å². The maximum Gasteiger partial charge on any atom is 0.142 e. The normalized spacial score (nSPS) is 16.0. The molecule has 0 saturated heterocycles. The highest BCUT2D eigenvalue weighted by Crippen LogP contribution is 2.38. The van der Waals surface area contributed by atoms with Crippen molar-refractivity contribution in [2.45, 2.75) is 57.0 Å². The molecule has 0 radical (unpaired) electrons. The lowest BCUT2D eigenvalue weighted by molar-refractivity contribution is 0.700. The largest absolute Gasteiger partial charge is 0.372 e. The van der Waals surface area contributed by atoms with Gasteiger partial charge in [0, 0.05) is 17.2 Å². The number of nitrogens with one attached hydrogen (secondary N) is 1. The van der Waals surface area contributed by atoms with E-state index in [0.717, 1.165) is 17.4 Å². The van der Waals surface area contributed by atoms with Crippen molar-refractivity contribution in [1.29, 1.82) is 0 Å². The molecule has 1 N–H and O–H groups in total. The summed E-state index contributed by atoms with van der Waals surface area (Å²) in [5.41, 5.74) is 1.51. The average Bonchev–Trinajstić information content (AvgIpc) is 2.90. The predicted octanol–water partition coefficient (Wildman–Crippen LogP) is 4.64. The van der Waals surface area contributed by atoms with Crippen molar-refractivity contribution in [2.24, 2.45) is 0 Å². The minimum absolute atomic E-state index is 0.666. The van der Waals surface area contributed by atoms with Crippen LogP contribution in [0.2, 0.25) is 0 Å². The van der Waals surface area contributed by atoms with E-state index in [1.807, 2.05) is 30.1 Å². The molecule has 3 nitrogen and oxygen atoms in total. The molecular weight excluding hydrogens is 298 g/mol. The first-order valence-electron chi connectivity index (χ1n) is 7.83. The number of anilines is 1. The average molecular weight is 322 g/mol. The number of fused-ring (bicyclic) bond motifs is 3. The number of aromatic nitrogens is 2. The summed E-state index contributed by atoms with van der Waals surface area (Å²) in [6.07, 6.45) is 6.22. The molecule has 0 fully saturated rings. The lowest BCUT2D eigenvalue weighted by atomic mass is 9.97. The van der Waals surface area contributed by atoms with E-state index in [4.69, 9.17) is 9.97 Å². The van der Waals surface area contributed by atoms with E-state index in [0.29, 0.717) is 5.25 Å². The van der Waals surface area contributed by atoms with Crippen LogP contribution >= 0.6 is 23.1 Å². The summed E-state index contributed by atoms with van der Waals surface area (Å²) in [5, 5.41) is 5.25. The summed E-state index contributed by atoms with van der Waals surface area (Å²) in [5.74, 6) is 2.90. The van der Waals surface area contributed by atoms with Gasteiger partial charge in [0.15, 0.2) is 0 Å². The van der Waals surface area contributed by atoms with Gasteiger partial charge in [0.2, 0.25) is 0 Å². The van der Waals surface area contributed by atoms with E-state index in [1.165, 1.54) is 52.8 Å². The van der Waals surface area contributed by atoms with Gasteiger partial charge in [-0.2, -0.15) is 11.8 Å². The second-order valence-corrected chi connectivity index (χ2v) is 8.17. The van der Waals surface area contributed by atoms with Crippen molar-refractivity contribution in [2.75, 3.05) is 12.4 Å². The third-order valence-electron chi connectivity index (χ3n) is 4.17. The van der Waals surface area contributed by atoms with Crippen LogP contribution in [0.3, 0.4) is 0 Å². The number of rotatable bonds is 5. The standard InChI is InChI=1S/C16H23N3S2/c1-4-10(2)20-9-13-18-15(17-3)14-11-7-5-6-8-12(11)21-16(14)19-13/h10H,4-9H2,1-3H3,(H,17,18,19). The molecule has 2 aromatic rings. The number of nitrogens with zero attached hydrogens (tertiary/aromatic N) is 2. The molecule has 5 heteroatoms. The van der Waals surface area contributed by atoms with Gasteiger partial charge < -0.3 is 5.32 Å². The molecule has 3 rings (SSSR count). The van der Waals surface area contributed by atoms with E-state index < -0.39 is 0 Å². The Morgan fingerprint density at radius 1 is 1.29 bits per heavy atom. The Labute approximate surface area is 135 Å². The Balaban J connectivity index is 1.97. The fraction of sp³-hybridized carbons (Fsp3) is 0.625. The zero-order valence-electron chi connectivity index (χ0n) is 13.0. The quantitative estimate of drug-likeness (QED) is 0.870. The van der Waals surface area contributed by atoms with Gasteiger partial charge in [-0.3, -0.25) is 0 Å². The summed E-state index contributed by atoms with van der Waals surface area (Å²) in [4.78, 5) is 12.3. The fourth-order valence-electron chi connectivity index (χ4n) is 2.78. The first-order chi connectivity index (χ1) is 10.2. The number of hydrogen-bond acceptors (Lipinski definition) is 5. The maximum absolute atomic E-state index is 4.84. The van der Waals surface area contributed by atoms with Gasteiger partial charge in [0.05, 0.1) is 11.1 Å². The predicted molar refractivity (Wildman–Crippen MR) is 94.7 cm³/mol. The van der Waals surface area contributed by atoms with Gasteiger partial charge in [-0.15, -0.1) is 11.3 Å². The van der Waals surface area contributed by atoms with E-state index in [9.17, 15) is 0 Å². The molecule has 1 aliphatic carbocycles. The molecule has 1 atom stereocenters. The zero-order valence-corrected chi connectivity index (χ0v) is 14.7. The van der Waals surface area contributed by atoms with Crippen LogP contribution in [0, 0.1) is 0 Å². The smallest absolute Gasteiger partial charge is 0.142 e. The molecule has 0 bridgehead atoms. The SMILES string of the molecule is CCC(C)SCc1nc(NC)c2c3c(sc2n1)CCCC3. The molecule has 1 unspecified atom stereocenters. The summed E-state index contributed by atoms with van der Waals surface area (Å²) in [6, 6.07) is 0. The van der Waals surface area contributed by atoms with E-state index in [-0.39, 0.29) is 0 Å². The summed E-state index contributed by atoms with van der Waals surface area (Å²) in [7, 11) is 1.97. The molecule has 2 heterocycles. The van der Waals surface area contributed by atoms with Crippen LogP contribution in [-0.2, 0) is 18.6 Å². The molecule has 114 valence electrons. The highest BCUT2D eigenvalue weighted by Gasteiger charge is 2.20. The minimum Gasteiger partial charge on any atom is -0.372 e. The Morgan fingerprint density at radius 2 is 2.10 bits per heavy atom. The van der Waals surface area contributed by atoms with Crippen LogP contribution in [0.1, 0.15) is 49.4 Å². The van der Waals surface area contributed by atoms with Crippen LogP contribution in [-0.4, -0.2) is 22.3 Å². The third-order valence-corrected chi connectivity index (χ3v) is 6.68. The van der Waals surface area contributed by atoms with Gasteiger partial charge in [0.25, 0.3) is 0 Å². The Morgan fingerprint density at radius 3 is 2.86 bits per heavy atom. The molecule has 0 aromatic carbocycles. The van der Waals surface area contributed by atoms with Gasteiger partial charge >= 0.3 is 0 Å². The van der Waals surface area contributed by atoms with Gasteiger partial charge in [-0.05, 0) is 37.7 Å². The lowest BCUT2D eigenvalue weighted by Crippen LogP contribution is -2.03. The molecule has 2 aromatic heterocycles. The minimum atomic E-state index is 0.666. The van der Waals surface area contributed by atoms with Gasteiger partial charge in [-0.25, -0.2) is 9.97 Å². The monoisotopic (exact) mass is 321 g/mol. The van der Waals surface area contributed by atoms with Crippen molar-refractivity contribution in [3.05, 3.63) is 16.3 Å². The van der Waals surface area contributed by atoms with Crippen molar-refractivity contribution in [3.8, 4) is 0 Å². The zero-order chi connectivity index (χ0) is 14.8.